The van der Waals surface area contributed by atoms with Gasteiger partial charge >= 0.3 is 0 Å². The van der Waals surface area contributed by atoms with E-state index in [4.69, 9.17) is 9.72 Å². The Kier molecular flexibility index (Phi) is 7.53. The number of H-pyrrole nitrogens is 1. The van der Waals surface area contributed by atoms with Crippen molar-refractivity contribution in [3.63, 3.8) is 0 Å². The van der Waals surface area contributed by atoms with Crippen LogP contribution in [0.5, 0.6) is 0 Å². The highest BCUT2D eigenvalue weighted by Crippen LogP contribution is 2.29. The summed E-state index contributed by atoms with van der Waals surface area (Å²) in [6, 6.07) is 5.97. The molecule has 0 aromatic carbocycles. The number of ether oxygens (including phenoxy) is 1. The molecule has 0 spiro atoms. The number of rotatable bonds is 7. The molecule has 1 atom stereocenters. The second-order valence-electron chi connectivity index (χ2n) is 8.61. The van der Waals surface area contributed by atoms with E-state index in [1.165, 1.54) is 4.88 Å². The maximum atomic E-state index is 12.4. The summed E-state index contributed by atoms with van der Waals surface area (Å²) in [7, 11) is 1.61. The summed E-state index contributed by atoms with van der Waals surface area (Å²) in [5, 5.41) is 2.12. The maximum absolute atomic E-state index is 12.4. The first-order valence-electron chi connectivity index (χ1n) is 11.2. The van der Waals surface area contributed by atoms with E-state index in [1.54, 1.807) is 24.5 Å². The van der Waals surface area contributed by atoms with Gasteiger partial charge in [0.2, 0.25) is 5.91 Å². The van der Waals surface area contributed by atoms with Crippen molar-refractivity contribution in [2.45, 2.75) is 50.5 Å². The van der Waals surface area contributed by atoms with E-state index in [0.717, 1.165) is 56.8 Å². The molecule has 4 rings (SSSR count). The molecule has 0 aliphatic carbocycles. The fourth-order valence-electron chi connectivity index (χ4n) is 4.71. The van der Waals surface area contributed by atoms with Gasteiger partial charge in [-0.1, -0.05) is 6.07 Å². The van der Waals surface area contributed by atoms with E-state index in [2.05, 4.69) is 27.4 Å². The SMILES string of the molecule is COCCC(=O)N1CCC(c2nc([C@@H]3CCCN(Cc4cccs4)C3)cc(=O)[nH]2)CC1. The Labute approximate surface area is 187 Å². The summed E-state index contributed by atoms with van der Waals surface area (Å²) in [4.78, 5) is 38.3. The molecule has 0 saturated carbocycles. The third-order valence-electron chi connectivity index (χ3n) is 6.42. The molecular formula is C23H32N4O3S. The summed E-state index contributed by atoms with van der Waals surface area (Å²) in [6.07, 6.45) is 4.29. The quantitative estimate of drug-likeness (QED) is 0.710. The monoisotopic (exact) mass is 444 g/mol. The van der Waals surface area contributed by atoms with Gasteiger partial charge in [-0.05, 0) is 43.7 Å². The number of methoxy groups -OCH3 is 1. The lowest BCUT2D eigenvalue weighted by Gasteiger charge is -2.33. The van der Waals surface area contributed by atoms with Gasteiger partial charge in [-0.2, -0.15) is 0 Å². The lowest BCUT2D eigenvalue weighted by molar-refractivity contribution is -0.133. The average Bonchev–Trinajstić information content (AvgIpc) is 3.30. The van der Waals surface area contributed by atoms with Crippen molar-refractivity contribution < 1.29 is 9.53 Å². The van der Waals surface area contributed by atoms with Crippen LogP contribution >= 0.6 is 11.3 Å². The summed E-state index contributed by atoms with van der Waals surface area (Å²) in [5.74, 6) is 1.43. The van der Waals surface area contributed by atoms with Crippen molar-refractivity contribution in [1.29, 1.82) is 0 Å². The van der Waals surface area contributed by atoms with Crippen LogP contribution in [0.3, 0.4) is 0 Å². The molecule has 0 radical (unpaired) electrons. The van der Waals surface area contributed by atoms with E-state index >= 15 is 0 Å². The second kappa shape index (κ2) is 10.5. The van der Waals surface area contributed by atoms with Gasteiger partial charge in [0, 0.05) is 56.1 Å². The van der Waals surface area contributed by atoms with Crippen molar-refractivity contribution >= 4 is 17.2 Å². The molecule has 31 heavy (non-hydrogen) atoms. The second-order valence-corrected chi connectivity index (χ2v) is 9.64. The highest BCUT2D eigenvalue weighted by molar-refractivity contribution is 7.09. The largest absolute Gasteiger partial charge is 0.384 e. The van der Waals surface area contributed by atoms with Gasteiger partial charge in [0.05, 0.1) is 18.7 Å². The number of amides is 1. The molecule has 1 amide bonds. The molecule has 4 heterocycles. The van der Waals surface area contributed by atoms with Crippen molar-refractivity contribution in [3.05, 3.63) is 50.3 Å². The molecule has 8 heteroatoms. The molecule has 2 aromatic heterocycles. The van der Waals surface area contributed by atoms with E-state index in [-0.39, 0.29) is 17.4 Å². The van der Waals surface area contributed by atoms with Crippen LogP contribution in [-0.2, 0) is 16.1 Å². The Morgan fingerprint density at radius 1 is 1.26 bits per heavy atom. The van der Waals surface area contributed by atoms with Crippen LogP contribution in [0, 0.1) is 0 Å². The Bertz CT molecular complexity index is 906. The van der Waals surface area contributed by atoms with Gasteiger partial charge in [-0.25, -0.2) is 4.98 Å². The van der Waals surface area contributed by atoms with Gasteiger partial charge in [-0.15, -0.1) is 11.3 Å². The number of aromatic nitrogens is 2. The molecule has 168 valence electrons. The lowest BCUT2D eigenvalue weighted by atomic mass is 9.92. The van der Waals surface area contributed by atoms with E-state index in [0.29, 0.717) is 32.0 Å². The van der Waals surface area contributed by atoms with E-state index < -0.39 is 0 Å². The zero-order valence-electron chi connectivity index (χ0n) is 18.2. The minimum Gasteiger partial charge on any atom is -0.384 e. The van der Waals surface area contributed by atoms with Crippen LogP contribution in [0.4, 0.5) is 0 Å². The van der Waals surface area contributed by atoms with Gasteiger partial charge in [0.1, 0.15) is 5.82 Å². The first-order chi connectivity index (χ1) is 15.1. The predicted octanol–water partition coefficient (Wildman–Crippen LogP) is 2.95. The highest BCUT2D eigenvalue weighted by atomic mass is 32.1. The Balaban J connectivity index is 1.39. The van der Waals surface area contributed by atoms with Crippen LogP contribution in [0.2, 0.25) is 0 Å². The number of carbonyl (C=O) groups is 1. The topological polar surface area (TPSA) is 78.5 Å². The minimum atomic E-state index is -0.0611. The summed E-state index contributed by atoms with van der Waals surface area (Å²) in [6.45, 7) is 4.89. The molecule has 2 aliphatic rings. The molecule has 2 fully saturated rings. The average molecular weight is 445 g/mol. The van der Waals surface area contributed by atoms with Crippen molar-refractivity contribution in [3.8, 4) is 0 Å². The van der Waals surface area contributed by atoms with Crippen molar-refractivity contribution in [2.24, 2.45) is 0 Å². The Morgan fingerprint density at radius 2 is 2.10 bits per heavy atom. The van der Waals surface area contributed by atoms with Crippen LogP contribution in [0.15, 0.2) is 28.4 Å². The molecule has 1 N–H and O–H groups in total. The molecule has 2 aliphatic heterocycles. The molecule has 0 bridgehead atoms. The maximum Gasteiger partial charge on any atom is 0.251 e. The third-order valence-corrected chi connectivity index (χ3v) is 7.28. The number of hydrogen-bond acceptors (Lipinski definition) is 6. The fraction of sp³-hybridized carbons (Fsp3) is 0.609. The molecule has 2 aromatic rings. The van der Waals surface area contributed by atoms with Gasteiger partial charge in [-0.3, -0.25) is 14.5 Å². The van der Waals surface area contributed by atoms with Crippen molar-refractivity contribution in [1.82, 2.24) is 19.8 Å². The van der Waals surface area contributed by atoms with Crippen LogP contribution in [0.25, 0.3) is 0 Å². The normalized spacial score (nSPS) is 20.8. The highest BCUT2D eigenvalue weighted by Gasteiger charge is 2.27. The third kappa shape index (κ3) is 5.81. The molecule has 0 unspecified atom stereocenters. The fourth-order valence-corrected chi connectivity index (χ4v) is 5.46. The van der Waals surface area contributed by atoms with Gasteiger partial charge in [0.15, 0.2) is 0 Å². The standard InChI is InChI=1S/C23H32N4O3S/c1-30-12-8-22(29)27-10-6-17(7-11-27)23-24-20(14-21(28)25-23)18-4-2-9-26(15-18)16-19-5-3-13-31-19/h3,5,13-14,17-18H,2,4,6-12,15-16H2,1H3,(H,24,25,28)/t18-/m1/s1. The molecular weight excluding hydrogens is 412 g/mol. The zero-order chi connectivity index (χ0) is 21.6. The number of hydrogen-bond donors (Lipinski definition) is 1. The Hall–Kier alpha value is -2.03. The molecule has 2 saturated heterocycles. The minimum absolute atomic E-state index is 0.0611. The number of aromatic amines is 1. The Morgan fingerprint density at radius 3 is 2.84 bits per heavy atom. The van der Waals surface area contributed by atoms with Gasteiger partial charge < -0.3 is 14.6 Å². The van der Waals surface area contributed by atoms with E-state index in [1.807, 2.05) is 4.90 Å². The van der Waals surface area contributed by atoms with E-state index in [9.17, 15) is 9.59 Å². The number of likely N-dealkylation sites (tertiary alicyclic amines) is 2. The lowest BCUT2D eigenvalue weighted by Crippen LogP contribution is -2.39. The first-order valence-corrected chi connectivity index (χ1v) is 12.1. The smallest absolute Gasteiger partial charge is 0.251 e. The van der Waals surface area contributed by atoms with Crippen molar-refractivity contribution in [2.75, 3.05) is 39.9 Å². The van der Waals surface area contributed by atoms with Gasteiger partial charge in [0.25, 0.3) is 5.56 Å². The van der Waals surface area contributed by atoms with Crippen LogP contribution in [-0.4, -0.2) is 65.6 Å². The van der Waals surface area contributed by atoms with Crippen LogP contribution in [0.1, 0.15) is 60.3 Å². The number of nitrogens with zero attached hydrogens (tertiary/aromatic N) is 3. The predicted molar refractivity (Wildman–Crippen MR) is 121 cm³/mol. The number of thiophene rings is 1. The van der Waals surface area contributed by atoms with Crippen LogP contribution < -0.4 is 5.56 Å². The summed E-state index contributed by atoms with van der Waals surface area (Å²) < 4.78 is 5.01. The number of piperidine rings is 2. The summed E-state index contributed by atoms with van der Waals surface area (Å²) in [5.41, 5.74) is 0.863. The number of nitrogens with one attached hydrogen (secondary N) is 1. The summed E-state index contributed by atoms with van der Waals surface area (Å²) >= 11 is 1.80. The zero-order valence-corrected chi connectivity index (χ0v) is 19.0. The molecule has 7 nitrogen and oxygen atoms in total. The number of carbonyl (C=O) groups excluding carboxylic acids is 1. The first kappa shape index (κ1) is 22.2.